The van der Waals surface area contributed by atoms with Gasteiger partial charge in [-0.25, -0.2) is 0 Å². The van der Waals surface area contributed by atoms with Crippen LogP contribution in [0.5, 0.6) is 0 Å². The second-order valence-electron chi connectivity index (χ2n) is 3.90. The monoisotopic (exact) mass is 186 g/mol. The van der Waals surface area contributed by atoms with Gasteiger partial charge in [0.15, 0.2) is 0 Å². The quantitative estimate of drug-likeness (QED) is 0.524. The van der Waals surface area contributed by atoms with E-state index in [1.165, 1.54) is 29.5 Å². The molecule has 1 aliphatic rings. The van der Waals surface area contributed by atoms with Crippen LogP contribution < -0.4 is 0 Å². The Labute approximate surface area is 84.5 Å². The molecular formula is C13H14O. The summed E-state index contributed by atoms with van der Waals surface area (Å²) in [7, 11) is 0. The number of hydrogen-bond donors (Lipinski definition) is 0. The Morgan fingerprint density at radius 2 is 2.21 bits per heavy atom. The van der Waals surface area contributed by atoms with Gasteiger partial charge >= 0.3 is 0 Å². The molecule has 0 amide bonds. The number of rotatable bonds is 3. The molecule has 1 saturated carbocycles. The van der Waals surface area contributed by atoms with Crippen molar-refractivity contribution in [3.8, 4) is 0 Å². The number of carbonyl (C=O) groups excluding carboxylic acids is 1. The van der Waals surface area contributed by atoms with Crippen LogP contribution in [0.15, 0.2) is 30.3 Å². The molecule has 0 heterocycles. The summed E-state index contributed by atoms with van der Waals surface area (Å²) in [5.74, 6) is 0.627. The Bertz CT molecular complexity index is 373. The van der Waals surface area contributed by atoms with E-state index in [1.807, 2.05) is 6.07 Å². The molecule has 1 heteroatoms. The summed E-state index contributed by atoms with van der Waals surface area (Å²) in [6.07, 6.45) is 5.07. The first-order chi connectivity index (χ1) is 6.81. The van der Waals surface area contributed by atoms with E-state index < -0.39 is 0 Å². The summed E-state index contributed by atoms with van der Waals surface area (Å²) in [4.78, 5) is 10.5. The molecule has 0 aromatic heterocycles. The number of aryl methyl sites for hydroxylation is 1. The van der Waals surface area contributed by atoms with Gasteiger partial charge in [0, 0.05) is 0 Å². The highest BCUT2D eigenvalue weighted by molar-refractivity contribution is 5.83. The molecule has 0 bridgehead atoms. The minimum atomic E-state index is 0.627. The lowest BCUT2D eigenvalue weighted by Gasteiger charge is -2.05. The maximum absolute atomic E-state index is 10.5. The summed E-state index contributed by atoms with van der Waals surface area (Å²) in [6.45, 7) is 2.08. The highest BCUT2D eigenvalue weighted by Crippen LogP contribution is 2.41. The van der Waals surface area contributed by atoms with Crippen LogP contribution in [0, 0.1) is 12.8 Å². The van der Waals surface area contributed by atoms with E-state index >= 15 is 0 Å². The highest BCUT2D eigenvalue weighted by atomic mass is 16.1. The molecule has 0 unspecified atom stereocenters. The van der Waals surface area contributed by atoms with Crippen LogP contribution in [-0.2, 0) is 4.79 Å². The predicted molar refractivity (Wildman–Crippen MR) is 57.9 cm³/mol. The zero-order valence-electron chi connectivity index (χ0n) is 8.36. The summed E-state index contributed by atoms with van der Waals surface area (Å²) in [5.41, 5.74) is 3.67. The summed E-state index contributed by atoms with van der Waals surface area (Å²) in [5, 5.41) is 0. The van der Waals surface area contributed by atoms with E-state index in [0.29, 0.717) is 5.92 Å². The standard InChI is InChI=1S/C13H14O/c1-10-3-2-4-12(9-10)13(7-8-14)11-5-6-11/h2-4,7-9,11H,5-6H2,1H3/b13-7-. The molecule has 1 nitrogen and oxygen atoms in total. The zero-order chi connectivity index (χ0) is 9.97. The fourth-order valence-electron chi connectivity index (χ4n) is 1.76. The van der Waals surface area contributed by atoms with E-state index in [1.54, 1.807) is 6.08 Å². The minimum Gasteiger partial charge on any atom is -0.299 e. The lowest BCUT2D eigenvalue weighted by atomic mass is 10.00. The van der Waals surface area contributed by atoms with Crippen LogP contribution in [0.4, 0.5) is 0 Å². The van der Waals surface area contributed by atoms with Gasteiger partial charge in [-0.15, -0.1) is 0 Å². The number of hydrogen-bond acceptors (Lipinski definition) is 1. The molecule has 0 atom stereocenters. The fraction of sp³-hybridized carbons (Fsp3) is 0.308. The Morgan fingerprint density at radius 1 is 1.43 bits per heavy atom. The first kappa shape index (κ1) is 9.20. The van der Waals surface area contributed by atoms with Crippen molar-refractivity contribution in [2.75, 3.05) is 0 Å². The highest BCUT2D eigenvalue weighted by Gasteiger charge is 2.26. The zero-order valence-corrected chi connectivity index (χ0v) is 8.36. The molecule has 0 spiro atoms. The van der Waals surface area contributed by atoms with Gasteiger partial charge in [-0.1, -0.05) is 29.8 Å². The summed E-state index contributed by atoms with van der Waals surface area (Å²) < 4.78 is 0. The van der Waals surface area contributed by atoms with Gasteiger partial charge in [-0.2, -0.15) is 0 Å². The fourth-order valence-corrected chi connectivity index (χ4v) is 1.76. The van der Waals surface area contributed by atoms with Crippen molar-refractivity contribution in [3.63, 3.8) is 0 Å². The Kier molecular flexibility index (Phi) is 2.49. The Morgan fingerprint density at radius 3 is 2.79 bits per heavy atom. The molecule has 0 N–H and O–H groups in total. The molecular weight excluding hydrogens is 172 g/mol. The van der Waals surface area contributed by atoms with Crippen LogP contribution in [-0.4, -0.2) is 6.29 Å². The number of carbonyl (C=O) groups is 1. The Balaban J connectivity index is 2.35. The van der Waals surface area contributed by atoms with Crippen molar-refractivity contribution in [1.82, 2.24) is 0 Å². The molecule has 1 fully saturated rings. The largest absolute Gasteiger partial charge is 0.299 e. The second-order valence-corrected chi connectivity index (χ2v) is 3.90. The second kappa shape index (κ2) is 3.79. The van der Waals surface area contributed by atoms with Crippen LogP contribution in [0.25, 0.3) is 5.57 Å². The van der Waals surface area contributed by atoms with Gasteiger partial charge in [0.1, 0.15) is 6.29 Å². The average Bonchev–Trinajstić information content (AvgIpc) is 2.97. The molecule has 0 saturated heterocycles. The van der Waals surface area contributed by atoms with Crippen molar-refractivity contribution < 1.29 is 4.79 Å². The molecule has 1 aromatic rings. The lowest BCUT2D eigenvalue weighted by molar-refractivity contribution is -0.104. The normalized spacial score (nSPS) is 16.8. The molecule has 0 radical (unpaired) electrons. The predicted octanol–water partition coefficient (Wildman–Crippen LogP) is 2.99. The SMILES string of the molecule is Cc1cccc(/C(=C\C=O)C2CC2)c1. The minimum absolute atomic E-state index is 0.627. The lowest BCUT2D eigenvalue weighted by Crippen LogP contribution is -1.88. The first-order valence-electron chi connectivity index (χ1n) is 5.03. The van der Waals surface area contributed by atoms with Gasteiger partial charge < -0.3 is 0 Å². The van der Waals surface area contributed by atoms with E-state index in [0.717, 1.165) is 6.29 Å². The van der Waals surface area contributed by atoms with Crippen molar-refractivity contribution in [2.24, 2.45) is 5.92 Å². The third kappa shape index (κ3) is 1.92. The van der Waals surface area contributed by atoms with E-state index in [9.17, 15) is 4.79 Å². The average molecular weight is 186 g/mol. The molecule has 1 aliphatic carbocycles. The maximum atomic E-state index is 10.5. The van der Waals surface area contributed by atoms with Gasteiger partial charge in [0.2, 0.25) is 0 Å². The molecule has 14 heavy (non-hydrogen) atoms. The van der Waals surface area contributed by atoms with Crippen LogP contribution in [0.2, 0.25) is 0 Å². The van der Waals surface area contributed by atoms with Gasteiger partial charge in [-0.05, 0) is 42.9 Å². The van der Waals surface area contributed by atoms with Crippen molar-refractivity contribution in [3.05, 3.63) is 41.5 Å². The molecule has 0 aliphatic heterocycles. The van der Waals surface area contributed by atoms with Gasteiger partial charge in [0.05, 0.1) is 0 Å². The van der Waals surface area contributed by atoms with Gasteiger partial charge in [-0.3, -0.25) is 4.79 Å². The van der Waals surface area contributed by atoms with E-state index in [-0.39, 0.29) is 0 Å². The smallest absolute Gasteiger partial charge is 0.143 e. The van der Waals surface area contributed by atoms with Gasteiger partial charge in [0.25, 0.3) is 0 Å². The Hall–Kier alpha value is -1.37. The van der Waals surface area contributed by atoms with Crippen molar-refractivity contribution >= 4 is 11.9 Å². The van der Waals surface area contributed by atoms with Crippen molar-refractivity contribution in [1.29, 1.82) is 0 Å². The van der Waals surface area contributed by atoms with E-state index in [2.05, 4.69) is 25.1 Å². The first-order valence-corrected chi connectivity index (χ1v) is 5.03. The molecule has 72 valence electrons. The van der Waals surface area contributed by atoms with Crippen LogP contribution in [0.3, 0.4) is 0 Å². The van der Waals surface area contributed by atoms with Crippen molar-refractivity contribution in [2.45, 2.75) is 19.8 Å². The maximum Gasteiger partial charge on any atom is 0.143 e. The molecule has 1 aromatic carbocycles. The van der Waals surface area contributed by atoms with E-state index in [4.69, 9.17) is 0 Å². The summed E-state index contributed by atoms with van der Waals surface area (Å²) >= 11 is 0. The third-order valence-electron chi connectivity index (χ3n) is 2.62. The number of benzene rings is 1. The topological polar surface area (TPSA) is 17.1 Å². The number of aldehydes is 1. The van der Waals surface area contributed by atoms with Crippen LogP contribution in [0.1, 0.15) is 24.0 Å². The number of allylic oxidation sites excluding steroid dienone is 2. The summed E-state index contributed by atoms with van der Waals surface area (Å²) in [6, 6.07) is 8.36. The van der Waals surface area contributed by atoms with Crippen LogP contribution >= 0.6 is 0 Å². The third-order valence-corrected chi connectivity index (χ3v) is 2.62. The molecule has 2 rings (SSSR count).